The third-order valence-corrected chi connectivity index (χ3v) is 1.81. The van der Waals surface area contributed by atoms with Gasteiger partial charge in [-0.3, -0.25) is 0 Å². The van der Waals surface area contributed by atoms with Gasteiger partial charge in [-0.1, -0.05) is 0 Å². The van der Waals surface area contributed by atoms with E-state index in [-0.39, 0.29) is 4.90 Å². The van der Waals surface area contributed by atoms with Crippen LogP contribution in [0.3, 0.4) is 0 Å². The summed E-state index contributed by atoms with van der Waals surface area (Å²) >= 11 is 3.70. The minimum Gasteiger partial charge on any atom is -0.465 e. The van der Waals surface area contributed by atoms with Gasteiger partial charge in [-0.2, -0.15) is 0 Å². The van der Waals surface area contributed by atoms with Crippen molar-refractivity contribution in [2.75, 3.05) is 7.11 Å². The molecule has 13 heavy (non-hydrogen) atoms. The summed E-state index contributed by atoms with van der Waals surface area (Å²) in [6.45, 7) is 0. The first kappa shape index (κ1) is 9.98. The number of methoxy groups -OCH3 is 1. The third kappa shape index (κ3) is 1.80. The van der Waals surface area contributed by atoms with Gasteiger partial charge in [0.25, 0.3) is 0 Å². The van der Waals surface area contributed by atoms with E-state index in [2.05, 4.69) is 17.4 Å². The normalized spacial score (nSPS) is 9.85. The van der Waals surface area contributed by atoms with Gasteiger partial charge in [-0.15, -0.1) is 12.6 Å². The van der Waals surface area contributed by atoms with Gasteiger partial charge in [0.2, 0.25) is 0 Å². The van der Waals surface area contributed by atoms with Crippen molar-refractivity contribution >= 4 is 18.6 Å². The van der Waals surface area contributed by atoms with Crippen molar-refractivity contribution in [3.05, 3.63) is 29.3 Å². The molecule has 0 fully saturated rings. The van der Waals surface area contributed by atoms with Crippen molar-refractivity contribution in [2.45, 2.75) is 4.90 Å². The van der Waals surface area contributed by atoms with Crippen molar-refractivity contribution in [1.82, 2.24) is 0 Å². The highest BCUT2D eigenvalue weighted by molar-refractivity contribution is 7.80. The lowest BCUT2D eigenvalue weighted by Crippen LogP contribution is -2.08. The standard InChI is InChI=1S/C8H6F2O2S/c1-12-8(11)6-4(9)2-3-5(13)7(6)10/h2-3,13H,1H3. The monoisotopic (exact) mass is 204 g/mol. The zero-order valence-electron chi connectivity index (χ0n) is 6.67. The Labute approximate surface area is 78.9 Å². The number of hydrogen-bond donors (Lipinski definition) is 1. The van der Waals surface area contributed by atoms with E-state index in [9.17, 15) is 13.6 Å². The van der Waals surface area contributed by atoms with Crippen LogP contribution in [0.25, 0.3) is 0 Å². The number of benzene rings is 1. The number of hydrogen-bond acceptors (Lipinski definition) is 3. The first-order valence-electron chi connectivity index (χ1n) is 3.33. The summed E-state index contributed by atoms with van der Waals surface area (Å²) < 4.78 is 30.2. The first-order valence-corrected chi connectivity index (χ1v) is 3.78. The van der Waals surface area contributed by atoms with Gasteiger partial charge < -0.3 is 4.74 Å². The van der Waals surface area contributed by atoms with Gasteiger partial charge >= 0.3 is 5.97 Å². The minimum absolute atomic E-state index is 0.0956. The number of halogens is 2. The van der Waals surface area contributed by atoms with Crippen molar-refractivity contribution in [3.63, 3.8) is 0 Å². The lowest BCUT2D eigenvalue weighted by molar-refractivity contribution is 0.0589. The first-order chi connectivity index (χ1) is 6.07. The second-order valence-electron chi connectivity index (χ2n) is 2.25. The van der Waals surface area contributed by atoms with Gasteiger partial charge in [-0.25, -0.2) is 13.6 Å². The molecule has 0 amide bonds. The number of esters is 1. The molecule has 70 valence electrons. The Morgan fingerprint density at radius 2 is 2.08 bits per heavy atom. The molecular weight excluding hydrogens is 198 g/mol. The Balaban J connectivity index is 3.33. The molecule has 5 heteroatoms. The molecule has 0 aliphatic carbocycles. The second-order valence-corrected chi connectivity index (χ2v) is 2.73. The largest absolute Gasteiger partial charge is 0.465 e. The van der Waals surface area contributed by atoms with Gasteiger partial charge in [-0.05, 0) is 12.1 Å². The highest BCUT2D eigenvalue weighted by atomic mass is 32.1. The zero-order chi connectivity index (χ0) is 10.0. The lowest BCUT2D eigenvalue weighted by atomic mass is 10.2. The van der Waals surface area contributed by atoms with Crippen LogP contribution in [0.4, 0.5) is 8.78 Å². The average Bonchev–Trinajstić information content (AvgIpc) is 2.12. The molecule has 0 aliphatic heterocycles. The van der Waals surface area contributed by atoms with E-state index >= 15 is 0 Å². The van der Waals surface area contributed by atoms with Crippen LogP contribution in [0.5, 0.6) is 0 Å². The topological polar surface area (TPSA) is 26.3 Å². The van der Waals surface area contributed by atoms with E-state index in [1.54, 1.807) is 0 Å². The lowest BCUT2D eigenvalue weighted by Gasteiger charge is -2.03. The van der Waals surface area contributed by atoms with E-state index in [0.717, 1.165) is 19.2 Å². The molecule has 0 aromatic heterocycles. The zero-order valence-corrected chi connectivity index (χ0v) is 7.57. The number of carbonyl (C=O) groups excluding carboxylic acids is 1. The van der Waals surface area contributed by atoms with Crippen LogP contribution in [0.2, 0.25) is 0 Å². The predicted octanol–water partition coefficient (Wildman–Crippen LogP) is 2.04. The van der Waals surface area contributed by atoms with Gasteiger partial charge in [0.05, 0.1) is 7.11 Å². The Morgan fingerprint density at radius 1 is 1.46 bits per heavy atom. The van der Waals surface area contributed by atoms with E-state index in [4.69, 9.17) is 0 Å². The van der Waals surface area contributed by atoms with E-state index in [0.29, 0.717) is 0 Å². The Bertz CT molecular complexity index is 352. The summed E-state index contributed by atoms with van der Waals surface area (Å²) in [5.74, 6) is -3.01. The van der Waals surface area contributed by atoms with Gasteiger partial charge in [0, 0.05) is 4.90 Å². The van der Waals surface area contributed by atoms with Crippen molar-refractivity contribution in [1.29, 1.82) is 0 Å². The van der Waals surface area contributed by atoms with Crippen LogP contribution >= 0.6 is 12.6 Å². The molecule has 0 saturated heterocycles. The maximum absolute atomic E-state index is 13.1. The molecule has 1 aromatic rings. The summed E-state index contributed by atoms with van der Waals surface area (Å²) in [5, 5.41) is 0. The predicted molar refractivity (Wildman–Crippen MR) is 44.9 cm³/mol. The molecule has 0 spiro atoms. The van der Waals surface area contributed by atoms with Crippen LogP contribution in [-0.2, 0) is 4.74 Å². The molecule has 0 unspecified atom stereocenters. The molecule has 0 N–H and O–H groups in total. The molecule has 0 heterocycles. The fourth-order valence-corrected chi connectivity index (χ4v) is 1.02. The smallest absolute Gasteiger partial charge is 0.343 e. The molecule has 2 nitrogen and oxygen atoms in total. The van der Waals surface area contributed by atoms with Crippen LogP contribution in [0, 0.1) is 11.6 Å². The number of rotatable bonds is 1. The Hall–Kier alpha value is -1.10. The molecule has 0 bridgehead atoms. The summed E-state index contributed by atoms with van der Waals surface area (Å²) in [4.78, 5) is 10.8. The second kappa shape index (κ2) is 3.74. The summed E-state index contributed by atoms with van der Waals surface area (Å²) in [6.07, 6.45) is 0. The molecule has 0 aliphatic rings. The third-order valence-electron chi connectivity index (χ3n) is 1.46. The maximum atomic E-state index is 13.1. The molecule has 0 saturated carbocycles. The summed E-state index contributed by atoms with van der Waals surface area (Å²) in [7, 11) is 1.05. The average molecular weight is 204 g/mol. The minimum atomic E-state index is -1.05. The van der Waals surface area contributed by atoms with Crippen molar-refractivity contribution < 1.29 is 18.3 Å². The van der Waals surface area contributed by atoms with Crippen molar-refractivity contribution in [2.24, 2.45) is 0 Å². The Morgan fingerprint density at radius 3 is 2.62 bits per heavy atom. The summed E-state index contributed by atoms with van der Waals surface area (Å²) in [5.41, 5.74) is -0.713. The van der Waals surface area contributed by atoms with Gasteiger partial charge in [0.1, 0.15) is 11.4 Å². The molecule has 0 radical (unpaired) electrons. The van der Waals surface area contributed by atoms with Gasteiger partial charge in [0.15, 0.2) is 5.82 Å². The van der Waals surface area contributed by atoms with E-state index in [1.807, 2.05) is 0 Å². The molecular formula is C8H6F2O2S. The SMILES string of the molecule is COC(=O)c1c(F)ccc(S)c1F. The van der Waals surface area contributed by atoms with Crippen molar-refractivity contribution in [3.8, 4) is 0 Å². The van der Waals surface area contributed by atoms with Crippen LogP contribution in [0.1, 0.15) is 10.4 Å². The highest BCUT2D eigenvalue weighted by Gasteiger charge is 2.19. The van der Waals surface area contributed by atoms with E-state index < -0.39 is 23.2 Å². The summed E-state index contributed by atoms with van der Waals surface area (Å²) in [6, 6.07) is 2.08. The molecule has 1 aromatic carbocycles. The number of carbonyl (C=O) groups is 1. The van der Waals surface area contributed by atoms with Crippen LogP contribution in [-0.4, -0.2) is 13.1 Å². The van der Waals surface area contributed by atoms with Crippen LogP contribution in [0.15, 0.2) is 17.0 Å². The number of thiol groups is 1. The fourth-order valence-electron chi connectivity index (χ4n) is 0.831. The van der Waals surface area contributed by atoms with E-state index in [1.165, 1.54) is 0 Å². The number of ether oxygens (including phenoxy) is 1. The quantitative estimate of drug-likeness (QED) is 0.559. The maximum Gasteiger partial charge on any atom is 0.343 e. The van der Waals surface area contributed by atoms with Crippen LogP contribution < -0.4 is 0 Å². The Kier molecular flexibility index (Phi) is 2.87. The highest BCUT2D eigenvalue weighted by Crippen LogP contribution is 2.20. The molecule has 1 rings (SSSR count). The fraction of sp³-hybridized carbons (Fsp3) is 0.125. The molecule has 0 atom stereocenters.